The largest absolute Gasteiger partial charge is 0.389 e. The summed E-state index contributed by atoms with van der Waals surface area (Å²) in [5.74, 6) is -0.128. The molecule has 2 unspecified atom stereocenters. The molecule has 2 atom stereocenters. The van der Waals surface area contributed by atoms with E-state index < -0.39 is 6.61 Å². The maximum absolute atomic E-state index is 11.7. The second-order valence-corrected chi connectivity index (χ2v) is 4.55. The maximum atomic E-state index is 11.7. The van der Waals surface area contributed by atoms with Crippen LogP contribution in [0.25, 0.3) is 0 Å². The van der Waals surface area contributed by atoms with Crippen molar-refractivity contribution in [2.75, 3.05) is 26.7 Å². The summed E-state index contributed by atoms with van der Waals surface area (Å²) < 4.78 is 0. The lowest BCUT2D eigenvalue weighted by molar-refractivity contribution is -0.127. The molecule has 5 nitrogen and oxygen atoms in total. The highest BCUT2D eigenvalue weighted by Gasteiger charge is 2.51. The topological polar surface area (TPSA) is 69.6 Å². The monoisotopic (exact) mass is 212 g/mol. The molecule has 0 aliphatic carbocycles. The number of nitrogens with zero attached hydrogens (tertiary/aromatic N) is 1. The molecule has 0 aromatic rings. The molecular formula is C10H16N2O3. The van der Waals surface area contributed by atoms with Gasteiger partial charge in [0.15, 0.2) is 5.78 Å². The Kier molecular flexibility index (Phi) is 2.52. The van der Waals surface area contributed by atoms with Gasteiger partial charge >= 0.3 is 0 Å². The minimum atomic E-state index is -0.438. The summed E-state index contributed by atoms with van der Waals surface area (Å²) in [6.45, 7) is 0.884. The van der Waals surface area contributed by atoms with Crippen LogP contribution in [0.5, 0.6) is 0 Å². The van der Waals surface area contributed by atoms with Crippen LogP contribution in [0.2, 0.25) is 0 Å². The highest BCUT2D eigenvalue weighted by Crippen LogP contribution is 2.39. The van der Waals surface area contributed by atoms with E-state index in [1.165, 1.54) is 0 Å². The molecule has 2 N–H and O–H groups in total. The number of carbonyl (C=O) groups is 2. The molecule has 2 rings (SSSR count). The third kappa shape index (κ3) is 1.55. The van der Waals surface area contributed by atoms with Crippen molar-refractivity contribution in [1.82, 2.24) is 10.2 Å². The molecule has 0 aromatic carbocycles. The summed E-state index contributed by atoms with van der Waals surface area (Å²) in [5, 5.41) is 11.6. The van der Waals surface area contributed by atoms with Crippen LogP contribution in [0.4, 0.5) is 0 Å². The molecule has 1 spiro atoms. The van der Waals surface area contributed by atoms with Gasteiger partial charge in [0.05, 0.1) is 11.5 Å². The van der Waals surface area contributed by atoms with Gasteiger partial charge in [-0.2, -0.15) is 0 Å². The highest BCUT2D eigenvalue weighted by atomic mass is 16.3. The van der Waals surface area contributed by atoms with Gasteiger partial charge < -0.3 is 10.4 Å². The maximum Gasteiger partial charge on any atom is 0.227 e. The predicted molar refractivity (Wildman–Crippen MR) is 53.2 cm³/mol. The molecule has 5 heteroatoms. The number of likely N-dealkylation sites (tertiary alicyclic amines) is 1. The van der Waals surface area contributed by atoms with Crippen LogP contribution in [0.15, 0.2) is 0 Å². The molecule has 0 saturated carbocycles. The van der Waals surface area contributed by atoms with Crippen LogP contribution < -0.4 is 5.32 Å². The molecule has 2 heterocycles. The summed E-state index contributed by atoms with van der Waals surface area (Å²) >= 11 is 0. The zero-order valence-corrected chi connectivity index (χ0v) is 8.82. The van der Waals surface area contributed by atoms with Crippen LogP contribution in [-0.4, -0.2) is 54.5 Å². The lowest BCUT2D eigenvalue weighted by Gasteiger charge is -2.18. The first-order chi connectivity index (χ1) is 7.09. The molecule has 0 bridgehead atoms. The number of rotatable bonds is 2. The summed E-state index contributed by atoms with van der Waals surface area (Å²) in [4.78, 5) is 25.0. The van der Waals surface area contributed by atoms with Crippen molar-refractivity contribution in [3.63, 3.8) is 0 Å². The van der Waals surface area contributed by atoms with E-state index in [9.17, 15) is 9.59 Å². The number of ketones is 1. The molecule has 84 valence electrons. The van der Waals surface area contributed by atoms with Crippen LogP contribution in [0, 0.1) is 5.41 Å². The van der Waals surface area contributed by atoms with Crippen LogP contribution in [0.1, 0.15) is 12.8 Å². The van der Waals surface area contributed by atoms with Crippen molar-refractivity contribution >= 4 is 11.7 Å². The molecule has 1 amide bonds. The second-order valence-electron chi connectivity index (χ2n) is 4.55. The molecule has 15 heavy (non-hydrogen) atoms. The first kappa shape index (κ1) is 10.6. The van der Waals surface area contributed by atoms with Crippen LogP contribution in [-0.2, 0) is 9.59 Å². The lowest BCUT2D eigenvalue weighted by Crippen LogP contribution is -2.34. The molecule has 2 saturated heterocycles. The number of nitrogens with one attached hydrogen (secondary N) is 1. The van der Waals surface area contributed by atoms with Gasteiger partial charge in [0.25, 0.3) is 0 Å². The third-order valence-electron chi connectivity index (χ3n) is 3.57. The Balaban J connectivity index is 2.15. The van der Waals surface area contributed by atoms with E-state index in [2.05, 4.69) is 5.32 Å². The molecular weight excluding hydrogens is 196 g/mol. The van der Waals surface area contributed by atoms with Gasteiger partial charge in [-0.15, -0.1) is 0 Å². The summed E-state index contributed by atoms with van der Waals surface area (Å²) in [5.41, 5.74) is -0.385. The van der Waals surface area contributed by atoms with E-state index >= 15 is 0 Å². The minimum Gasteiger partial charge on any atom is -0.389 e. The van der Waals surface area contributed by atoms with Gasteiger partial charge in [0.1, 0.15) is 6.61 Å². The molecule has 0 radical (unpaired) electrons. The standard InChI is InChI=1S/C10H16N2O3/c1-12-6-10(2-3-11-9(10)15)4-7(12)8(14)5-13/h7,13H,2-6H2,1H3,(H,11,15). The first-order valence-electron chi connectivity index (χ1n) is 5.21. The van der Waals surface area contributed by atoms with E-state index in [0.29, 0.717) is 19.5 Å². The Morgan fingerprint density at radius 1 is 1.73 bits per heavy atom. The number of amides is 1. The number of hydrogen-bond donors (Lipinski definition) is 2. The van der Waals surface area contributed by atoms with Crippen LogP contribution >= 0.6 is 0 Å². The van der Waals surface area contributed by atoms with Gasteiger partial charge in [-0.1, -0.05) is 0 Å². The Hall–Kier alpha value is -0.940. The quantitative estimate of drug-likeness (QED) is 0.600. The number of carbonyl (C=O) groups excluding carboxylic acids is 2. The van der Waals surface area contributed by atoms with Crippen molar-refractivity contribution in [1.29, 1.82) is 0 Å². The SMILES string of the molecule is CN1CC2(CCNC2=O)CC1C(=O)CO. The zero-order chi connectivity index (χ0) is 11.1. The van der Waals surface area contributed by atoms with Gasteiger partial charge in [-0.05, 0) is 19.9 Å². The summed E-state index contributed by atoms with van der Waals surface area (Å²) in [6.07, 6.45) is 1.35. The molecule has 0 aromatic heterocycles. The Bertz CT molecular complexity index is 305. The number of aliphatic hydroxyl groups excluding tert-OH is 1. The fourth-order valence-corrected chi connectivity index (χ4v) is 2.71. The van der Waals surface area contributed by atoms with E-state index in [0.717, 1.165) is 6.42 Å². The van der Waals surface area contributed by atoms with Crippen molar-refractivity contribution in [2.45, 2.75) is 18.9 Å². The van der Waals surface area contributed by atoms with E-state index in [-0.39, 0.29) is 23.1 Å². The van der Waals surface area contributed by atoms with Gasteiger partial charge in [-0.3, -0.25) is 14.5 Å². The van der Waals surface area contributed by atoms with Gasteiger partial charge in [0, 0.05) is 13.1 Å². The number of hydrogen-bond acceptors (Lipinski definition) is 4. The normalized spacial score (nSPS) is 36.1. The average Bonchev–Trinajstić information content (AvgIpc) is 2.72. The van der Waals surface area contributed by atoms with Crippen molar-refractivity contribution < 1.29 is 14.7 Å². The fraction of sp³-hybridized carbons (Fsp3) is 0.800. The molecule has 2 aliphatic heterocycles. The fourth-order valence-electron chi connectivity index (χ4n) is 2.71. The minimum absolute atomic E-state index is 0.0580. The highest BCUT2D eigenvalue weighted by molar-refractivity contribution is 5.90. The summed E-state index contributed by atoms with van der Waals surface area (Å²) in [6, 6.07) is -0.293. The van der Waals surface area contributed by atoms with Crippen LogP contribution in [0.3, 0.4) is 0 Å². The average molecular weight is 212 g/mol. The lowest BCUT2D eigenvalue weighted by atomic mass is 9.83. The Morgan fingerprint density at radius 3 is 3.00 bits per heavy atom. The summed E-state index contributed by atoms with van der Waals surface area (Å²) in [7, 11) is 1.83. The predicted octanol–water partition coefficient (Wildman–Crippen LogP) is -1.24. The number of aliphatic hydroxyl groups is 1. The molecule has 2 fully saturated rings. The third-order valence-corrected chi connectivity index (χ3v) is 3.57. The van der Waals surface area contributed by atoms with E-state index in [1.54, 1.807) is 0 Å². The van der Waals surface area contributed by atoms with Gasteiger partial charge in [0.2, 0.25) is 5.91 Å². The number of Topliss-reactive ketones (excluding diaryl/α,β-unsaturated/α-hetero) is 1. The zero-order valence-electron chi connectivity index (χ0n) is 8.82. The van der Waals surface area contributed by atoms with Crippen molar-refractivity contribution in [3.8, 4) is 0 Å². The Labute approximate surface area is 88.4 Å². The van der Waals surface area contributed by atoms with E-state index in [1.807, 2.05) is 11.9 Å². The number of likely N-dealkylation sites (N-methyl/N-ethyl adjacent to an activating group) is 1. The Morgan fingerprint density at radius 2 is 2.47 bits per heavy atom. The van der Waals surface area contributed by atoms with Gasteiger partial charge in [-0.25, -0.2) is 0 Å². The first-order valence-corrected chi connectivity index (χ1v) is 5.21. The van der Waals surface area contributed by atoms with E-state index in [4.69, 9.17) is 5.11 Å². The van der Waals surface area contributed by atoms with Crippen molar-refractivity contribution in [2.24, 2.45) is 5.41 Å². The smallest absolute Gasteiger partial charge is 0.227 e. The molecule has 2 aliphatic rings. The second kappa shape index (κ2) is 3.57. The van der Waals surface area contributed by atoms with Crippen molar-refractivity contribution in [3.05, 3.63) is 0 Å².